The van der Waals surface area contributed by atoms with Crippen LogP contribution in [0.2, 0.25) is 0 Å². The molecule has 25 heavy (non-hydrogen) atoms. The Balaban J connectivity index is 1.57. The number of tetrazole rings is 1. The second kappa shape index (κ2) is 6.67. The van der Waals surface area contributed by atoms with E-state index in [1.165, 1.54) is 12.3 Å². The van der Waals surface area contributed by atoms with Crippen LogP contribution in [-0.4, -0.2) is 38.4 Å². The van der Waals surface area contributed by atoms with Gasteiger partial charge in [0.25, 0.3) is 0 Å². The van der Waals surface area contributed by atoms with Crippen molar-refractivity contribution in [1.82, 2.24) is 25.2 Å². The van der Waals surface area contributed by atoms with Crippen LogP contribution in [0.25, 0.3) is 11.5 Å². The summed E-state index contributed by atoms with van der Waals surface area (Å²) in [6.45, 7) is 1.62. The van der Waals surface area contributed by atoms with Crippen LogP contribution in [0.15, 0.2) is 28.9 Å². The summed E-state index contributed by atoms with van der Waals surface area (Å²) >= 11 is 0. The fourth-order valence-electron chi connectivity index (χ4n) is 2.92. The summed E-state index contributed by atoms with van der Waals surface area (Å²) < 4.78 is 39.9. The fourth-order valence-corrected chi connectivity index (χ4v) is 2.92. The monoisotopic (exact) mass is 347 g/mol. The second-order valence-electron chi connectivity index (χ2n) is 5.82. The highest BCUT2D eigenvalue weighted by Crippen LogP contribution is 2.27. The molecule has 130 valence electrons. The van der Waals surface area contributed by atoms with Crippen LogP contribution < -0.4 is 0 Å². The van der Waals surface area contributed by atoms with Crippen molar-refractivity contribution >= 4 is 0 Å². The number of aromatic nitrogens is 5. The normalized spacial score (nSPS) is 15.6. The molecule has 1 aromatic carbocycles. The number of hydrogen-bond donors (Lipinski definition) is 0. The van der Waals surface area contributed by atoms with E-state index in [2.05, 4.69) is 20.5 Å². The van der Waals surface area contributed by atoms with Crippen molar-refractivity contribution in [3.8, 4) is 11.5 Å². The first kappa shape index (κ1) is 15.8. The summed E-state index contributed by atoms with van der Waals surface area (Å²) in [6, 6.07) is 3.61. The fraction of sp³-hybridized carbons (Fsp3) is 0.375. The van der Waals surface area contributed by atoms with Crippen LogP contribution in [-0.2, 0) is 11.3 Å². The highest BCUT2D eigenvalue weighted by Gasteiger charge is 2.23. The molecular weight excluding hydrogens is 332 g/mol. The van der Waals surface area contributed by atoms with Gasteiger partial charge >= 0.3 is 0 Å². The minimum Gasteiger partial charge on any atom is -0.444 e. The smallest absolute Gasteiger partial charge is 0.232 e. The largest absolute Gasteiger partial charge is 0.444 e. The molecule has 9 heteroatoms. The number of oxazole rings is 1. The molecule has 0 aliphatic carbocycles. The molecule has 1 fully saturated rings. The summed E-state index contributed by atoms with van der Waals surface area (Å²) in [5.74, 6) is -0.576. The highest BCUT2D eigenvalue weighted by atomic mass is 19.1. The predicted molar refractivity (Wildman–Crippen MR) is 81.6 cm³/mol. The Labute approximate surface area is 141 Å². The lowest BCUT2D eigenvalue weighted by atomic mass is 9.99. The number of nitrogens with zero attached hydrogens (tertiary/aromatic N) is 5. The van der Waals surface area contributed by atoms with Gasteiger partial charge < -0.3 is 9.15 Å². The summed E-state index contributed by atoms with van der Waals surface area (Å²) in [4.78, 5) is 4.18. The molecule has 2 aromatic heterocycles. The molecule has 1 saturated heterocycles. The van der Waals surface area contributed by atoms with Gasteiger partial charge in [-0.1, -0.05) is 6.07 Å². The van der Waals surface area contributed by atoms with Gasteiger partial charge in [-0.25, -0.2) is 18.4 Å². The molecule has 0 atom stereocenters. The van der Waals surface area contributed by atoms with Crippen LogP contribution in [0.1, 0.15) is 30.3 Å². The Morgan fingerprint density at radius 3 is 2.68 bits per heavy atom. The quantitative estimate of drug-likeness (QED) is 0.722. The van der Waals surface area contributed by atoms with Gasteiger partial charge in [-0.15, -0.1) is 5.10 Å². The van der Waals surface area contributed by atoms with E-state index < -0.39 is 11.6 Å². The zero-order valence-corrected chi connectivity index (χ0v) is 13.2. The van der Waals surface area contributed by atoms with E-state index in [9.17, 15) is 8.78 Å². The lowest BCUT2D eigenvalue weighted by Gasteiger charge is -2.20. The van der Waals surface area contributed by atoms with Crippen LogP contribution >= 0.6 is 0 Å². The molecule has 7 nitrogen and oxygen atoms in total. The van der Waals surface area contributed by atoms with Crippen molar-refractivity contribution in [2.24, 2.45) is 0 Å². The number of benzene rings is 1. The summed E-state index contributed by atoms with van der Waals surface area (Å²) in [6.07, 6.45) is 3.06. The minimum atomic E-state index is -0.723. The van der Waals surface area contributed by atoms with Crippen LogP contribution in [0.3, 0.4) is 0 Å². The van der Waals surface area contributed by atoms with Crippen molar-refractivity contribution in [3.05, 3.63) is 47.6 Å². The summed E-state index contributed by atoms with van der Waals surface area (Å²) in [5.41, 5.74) is 0.202. The predicted octanol–water partition coefficient (Wildman–Crippen LogP) is 2.55. The van der Waals surface area contributed by atoms with E-state index in [0.29, 0.717) is 18.9 Å². The molecule has 3 heterocycles. The number of ether oxygens (including phenoxy) is 1. The van der Waals surface area contributed by atoms with Crippen molar-refractivity contribution in [1.29, 1.82) is 0 Å². The van der Waals surface area contributed by atoms with Crippen molar-refractivity contribution in [3.63, 3.8) is 0 Å². The van der Waals surface area contributed by atoms with Gasteiger partial charge in [0.1, 0.15) is 29.2 Å². The van der Waals surface area contributed by atoms with Gasteiger partial charge in [-0.2, -0.15) is 0 Å². The van der Waals surface area contributed by atoms with E-state index in [4.69, 9.17) is 9.15 Å². The topological polar surface area (TPSA) is 78.9 Å². The third kappa shape index (κ3) is 3.14. The molecule has 1 aliphatic heterocycles. The first-order chi connectivity index (χ1) is 12.2. The van der Waals surface area contributed by atoms with Crippen molar-refractivity contribution < 1.29 is 17.9 Å². The van der Waals surface area contributed by atoms with Gasteiger partial charge in [0.2, 0.25) is 5.89 Å². The Kier molecular flexibility index (Phi) is 4.22. The standard InChI is InChI=1S/C16H15F2N5O2/c17-12-2-1-3-13(18)14(12)16-19-11(9-25-16)8-23-15(20-21-22-23)10-4-6-24-7-5-10/h1-3,9-10H,4-8H2. The van der Waals surface area contributed by atoms with Crippen LogP contribution in [0, 0.1) is 11.6 Å². The highest BCUT2D eigenvalue weighted by molar-refractivity contribution is 5.55. The first-order valence-corrected chi connectivity index (χ1v) is 7.95. The van der Waals surface area contributed by atoms with E-state index in [0.717, 1.165) is 30.8 Å². The molecule has 0 saturated carbocycles. The van der Waals surface area contributed by atoms with Gasteiger partial charge in [0.05, 0.1) is 6.54 Å². The molecule has 0 bridgehead atoms. The molecule has 1 aliphatic rings. The zero-order chi connectivity index (χ0) is 17.2. The van der Waals surface area contributed by atoms with Gasteiger partial charge in [0.15, 0.2) is 5.82 Å². The van der Waals surface area contributed by atoms with E-state index in [1.807, 2.05) is 0 Å². The van der Waals surface area contributed by atoms with E-state index >= 15 is 0 Å². The molecule has 3 aromatic rings. The molecule has 0 amide bonds. The van der Waals surface area contributed by atoms with E-state index in [1.54, 1.807) is 4.68 Å². The number of halogens is 2. The van der Waals surface area contributed by atoms with E-state index in [-0.39, 0.29) is 23.9 Å². The third-order valence-corrected chi connectivity index (χ3v) is 4.19. The first-order valence-electron chi connectivity index (χ1n) is 7.95. The molecule has 0 N–H and O–H groups in total. The minimum absolute atomic E-state index is 0.105. The molecule has 4 rings (SSSR count). The Morgan fingerprint density at radius 2 is 1.92 bits per heavy atom. The maximum absolute atomic E-state index is 13.8. The SMILES string of the molecule is Fc1cccc(F)c1-c1nc(Cn2nnnc2C2CCOCC2)co1. The van der Waals surface area contributed by atoms with Crippen molar-refractivity contribution in [2.45, 2.75) is 25.3 Å². The van der Waals surface area contributed by atoms with Crippen LogP contribution in [0.5, 0.6) is 0 Å². The molecule has 0 spiro atoms. The summed E-state index contributed by atoms with van der Waals surface area (Å²) in [7, 11) is 0. The zero-order valence-electron chi connectivity index (χ0n) is 13.2. The Bertz CT molecular complexity index is 853. The van der Waals surface area contributed by atoms with Gasteiger partial charge in [0, 0.05) is 19.1 Å². The molecule has 0 radical (unpaired) electrons. The maximum Gasteiger partial charge on any atom is 0.232 e. The maximum atomic E-state index is 13.8. The average Bonchev–Trinajstić information content (AvgIpc) is 3.26. The Hall–Kier alpha value is -2.68. The van der Waals surface area contributed by atoms with Crippen molar-refractivity contribution in [2.75, 3.05) is 13.2 Å². The lowest BCUT2D eigenvalue weighted by Crippen LogP contribution is -2.19. The van der Waals surface area contributed by atoms with Crippen LogP contribution in [0.4, 0.5) is 8.78 Å². The lowest BCUT2D eigenvalue weighted by molar-refractivity contribution is 0.0826. The molecule has 0 unspecified atom stereocenters. The van der Waals surface area contributed by atoms with Gasteiger partial charge in [-0.05, 0) is 35.4 Å². The second-order valence-corrected chi connectivity index (χ2v) is 5.82. The average molecular weight is 347 g/mol. The number of hydrogen-bond acceptors (Lipinski definition) is 6. The summed E-state index contributed by atoms with van der Waals surface area (Å²) in [5, 5.41) is 11.8. The third-order valence-electron chi connectivity index (χ3n) is 4.19. The number of rotatable bonds is 4. The molecular formula is C16H15F2N5O2. The van der Waals surface area contributed by atoms with Gasteiger partial charge in [-0.3, -0.25) is 0 Å². The Morgan fingerprint density at radius 1 is 1.16 bits per heavy atom.